The zero-order chi connectivity index (χ0) is 14.3. The number of nitrogens with one attached hydrogen (secondary N) is 1. The summed E-state index contributed by atoms with van der Waals surface area (Å²) in [4.78, 5) is 22.0. The van der Waals surface area contributed by atoms with Crippen LogP contribution in [0, 0.1) is 0 Å². The SMILES string of the molecule is COc1ccc(Cl)cc1NC(=O)CCCCC(=O)O. The minimum Gasteiger partial charge on any atom is -0.495 e. The summed E-state index contributed by atoms with van der Waals surface area (Å²) >= 11 is 5.85. The standard InChI is InChI=1S/C13H16ClNO4/c1-19-11-7-6-9(14)8-10(11)15-12(16)4-2-3-5-13(17)18/h6-8H,2-5H2,1H3,(H,15,16)(H,17,18). The van der Waals surface area contributed by atoms with Crippen LogP contribution in [0.3, 0.4) is 0 Å². The van der Waals surface area contributed by atoms with Gasteiger partial charge in [-0.1, -0.05) is 11.6 Å². The first-order valence-corrected chi connectivity index (χ1v) is 6.26. The molecule has 0 radical (unpaired) electrons. The van der Waals surface area contributed by atoms with Crippen molar-refractivity contribution < 1.29 is 19.4 Å². The summed E-state index contributed by atoms with van der Waals surface area (Å²) < 4.78 is 5.11. The van der Waals surface area contributed by atoms with Crippen molar-refractivity contribution in [2.75, 3.05) is 12.4 Å². The summed E-state index contributed by atoms with van der Waals surface area (Å²) in [5, 5.41) is 11.7. The van der Waals surface area contributed by atoms with E-state index in [0.29, 0.717) is 29.3 Å². The summed E-state index contributed by atoms with van der Waals surface area (Å²) in [5.41, 5.74) is 0.512. The first kappa shape index (κ1) is 15.3. The minimum absolute atomic E-state index is 0.0771. The molecule has 2 N–H and O–H groups in total. The van der Waals surface area contributed by atoms with Crippen molar-refractivity contribution in [1.29, 1.82) is 0 Å². The van der Waals surface area contributed by atoms with Gasteiger partial charge in [-0.05, 0) is 31.0 Å². The van der Waals surface area contributed by atoms with Gasteiger partial charge in [-0.2, -0.15) is 0 Å². The lowest BCUT2D eigenvalue weighted by Gasteiger charge is -2.10. The number of halogens is 1. The van der Waals surface area contributed by atoms with E-state index >= 15 is 0 Å². The Morgan fingerprint density at radius 3 is 2.63 bits per heavy atom. The fraction of sp³-hybridized carbons (Fsp3) is 0.385. The monoisotopic (exact) mass is 285 g/mol. The van der Waals surface area contributed by atoms with Crippen LogP contribution in [0.15, 0.2) is 18.2 Å². The van der Waals surface area contributed by atoms with Gasteiger partial charge in [0.05, 0.1) is 12.8 Å². The molecule has 0 atom stereocenters. The second-order valence-electron chi connectivity index (χ2n) is 3.99. The summed E-state index contributed by atoms with van der Waals surface area (Å²) in [6.07, 6.45) is 1.35. The lowest BCUT2D eigenvalue weighted by molar-refractivity contribution is -0.137. The number of anilines is 1. The summed E-state index contributed by atoms with van der Waals surface area (Å²) in [5.74, 6) is -0.508. The van der Waals surface area contributed by atoms with Gasteiger partial charge in [0.25, 0.3) is 0 Å². The number of ether oxygens (including phenoxy) is 1. The number of carbonyl (C=O) groups is 2. The number of carboxylic acids is 1. The van der Waals surface area contributed by atoms with E-state index in [1.807, 2.05) is 0 Å². The van der Waals surface area contributed by atoms with E-state index in [9.17, 15) is 9.59 Å². The first-order valence-electron chi connectivity index (χ1n) is 5.88. The topological polar surface area (TPSA) is 75.6 Å². The number of hydrogen-bond donors (Lipinski definition) is 2. The molecule has 19 heavy (non-hydrogen) atoms. The predicted octanol–water partition coefficient (Wildman–Crippen LogP) is 2.93. The Hall–Kier alpha value is -1.75. The number of carbonyl (C=O) groups excluding carboxylic acids is 1. The van der Waals surface area contributed by atoms with E-state index in [2.05, 4.69) is 5.32 Å². The summed E-state index contributed by atoms with van der Waals surface area (Å²) in [6, 6.07) is 4.95. The van der Waals surface area contributed by atoms with Crippen LogP contribution in [0.2, 0.25) is 5.02 Å². The Bertz CT molecular complexity index is 462. The van der Waals surface area contributed by atoms with Crippen LogP contribution in [0.25, 0.3) is 0 Å². The molecule has 0 saturated heterocycles. The second kappa shape index (κ2) is 7.63. The van der Waals surface area contributed by atoms with Crippen molar-refractivity contribution >= 4 is 29.2 Å². The molecular formula is C13H16ClNO4. The van der Waals surface area contributed by atoms with E-state index in [-0.39, 0.29) is 18.7 Å². The van der Waals surface area contributed by atoms with Gasteiger partial charge in [0.1, 0.15) is 5.75 Å². The van der Waals surface area contributed by atoms with Crippen LogP contribution in [-0.4, -0.2) is 24.1 Å². The molecule has 0 bridgehead atoms. The number of aliphatic carboxylic acids is 1. The van der Waals surface area contributed by atoms with Gasteiger partial charge in [0, 0.05) is 17.9 Å². The molecule has 1 aromatic rings. The second-order valence-corrected chi connectivity index (χ2v) is 4.43. The van der Waals surface area contributed by atoms with Gasteiger partial charge >= 0.3 is 5.97 Å². The Kier molecular flexibility index (Phi) is 6.15. The zero-order valence-corrected chi connectivity index (χ0v) is 11.4. The summed E-state index contributed by atoms with van der Waals surface area (Å²) in [7, 11) is 1.51. The third-order valence-electron chi connectivity index (χ3n) is 2.48. The van der Waals surface area contributed by atoms with Crippen LogP contribution >= 0.6 is 11.6 Å². The molecule has 0 saturated carbocycles. The third-order valence-corrected chi connectivity index (χ3v) is 2.72. The van der Waals surface area contributed by atoms with Crippen molar-refractivity contribution in [3.05, 3.63) is 23.2 Å². The molecule has 104 valence electrons. The number of hydrogen-bond acceptors (Lipinski definition) is 3. The largest absolute Gasteiger partial charge is 0.495 e. The maximum Gasteiger partial charge on any atom is 0.303 e. The highest BCUT2D eigenvalue weighted by Gasteiger charge is 2.08. The third kappa shape index (κ3) is 5.61. The summed E-state index contributed by atoms with van der Waals surface area (Å²) in [6.45, 7) is 0. The van der Waals surface area contributed by atoms with Crippen LogP contribution in [0.4, 0.5) is 5.69 Å². The van der Waals surface area contributed by atoms with E-state index < -0.39 is 5.97 Å². The normalized spacial score (nSPS) is 10.0. The molecule has 0 fully saturated rings. The van der Waals surface area contributed by atoms with Crippen LogP contribution in [0.1, 0.15) is 25.7 Å². The molecule has 1 aromatic carbocycles. The molecule has 1 rings (SSSR count). The number of unbranched alkanes of at least 4 members (excludes halogenated alkanes) is 1. The van der Waals surface area contributed by atoms with Crippen molar-refractivity contribution in [1.82, 2.24) is 0 Å². The van der Waals surface area contributed by atoms with Gasteiger partial charge in [0.15, 0.2) is 0 Å². The molecule has 0 spiro atoms. The average Bonchev–Trinajstić information content (AvgIpc) is 2.35. The molecule has 6 heteroatoms. The Balaban J connectivity index is 2.47. The van der Waals surface area contributed by atoms with Crippen molar-refractivity contribution in [3.63, 3.8) is 0 Å². The number of methoxy groups -OCH3 is 1. The van der Waals surface area contributed by atoms with Gasteiger partial charge in [-0.3, -0.25) is 9.59 Å². The highest BCUT2D eigenvalue weighted by Crippen LogP contribution is 2.27. The molecule has 0 aliphatic carbocycles. The molecule has 0 unspecified atom stereocenters. The molecule has 0 heterocycles. The predicted molar refractivity (Wildman–Crippen MR) is 72.7 cm³/mol. The maximum atomic E-state index is 11.7. The molecular weight excluding hydrogens is 270 g/mol. The van der Waals surface area contributed by atoms with Gasteiger partial charge in [0.2, 0.25) is 5.91 Å². The van der Waals surface area contributed by atoms with E-state index in [4.69, 9.17) is 21.4 Å². The van der Waals surface area contributed by atoms with Crippen molar-refractivity contribution in [2.24, 2.45) is 0 Å². The zero-order valence-electron chi connectivity index (χ0n) is 10.6. The number of carboxylic acid groups (broad SMARTS) is 1. The quantitative estimate of drug-likeness (QED) is 0.755. The van der Waals surface area contributed by atoms with Crippen molar-refractivity contribution in [2.45, 2.75) is 25.7 Å². The molecule has 0 aromatic heterocycles. The van der Waals surface area contributed by atoms with Gasteiger partial charge < -0.3 is 15.2 Å². The van der Waals surface area contributed by atoms with Crippen LogP contribution in [-0.2, 0) is 9.59 Å². The smallest absolute Gasteiger partial charge is 0.303 e. The number of benzene rings is 1. The van der Waals surface area contributed by atoms with Crippen molar-refractivity contribution in [3.8, 4) is 5.75 Å². The Morgan fingerprint density at radius 2 is 2.00 bits per heavy atom. The fourth-order valence-electron chi connectivity index (χ4n) is 1.55. The minimum atomic E-state index is -0.850. The van der Waals surface area contributed by atoms with Crippen LogP contribution < -0.4 is 10.1 Å². The highest BCUT2D eigenvalue weighted by atomic mass is 35.5. The first-order chi connectivity index (χ1) is 9.02. The van der Waals surface area contributed by atoms with E-state index in [1.165, 1.54) is 7.11 Å². The number of amides is 1. The average molecular weight is 286 g/mol. The lowest BCUT2D eigenvalue weighted by Crippen LogP contribution is -2.12. The molecule has 5 nitrogen and oxygen atoms in total. The maximum absolute atomic E-state index is 11.7. The Labute approximate surface area is 116 Å². The lowest BCUT2D eigenvalue weighted by atomic mass is 10.2. The van der Waals surface area contributed by atoms with E-state index in [1.54, 1.807) is 18.2 Å². The Morgan fingerprint density at radius 1 is 1.32 bits per heavy atom. The van der Waals surface area contributed by atoms with Gasteiger partial charge in [-0.25, -0.2) is 0 Å². The van der Waals surface area contributed by atoms with Crippen LogP contribution in [0.5, 0.6) is 5.75 Å². The molecule has 0 aliphatic heterocycles. The fourth-order valence-corrected chi connectivity index (χ4v) is 1.72. The highest BCUT2D eigenvalue weighted by molar-refractivity contribution is 6.31. The van der Waals surface area contributed by atoms with Gasteiger partial charge in [-0.15, -0.1) is 0 Å². The molecule has 0 aliphatic rings. The molecule has 1 amide bonds. The number of rotatable bonds is 7. The van der Waals surface area contributed by atoms with E-state index in [0.717, 1.165) is 0 Å².